The number of likely N-dealkylation sites (tertiary alicyclic amines) is 1. The number of carbonyl (C=O) groups excluding carboxylic acids is 1. The third kappa shape index (κ3) is 3.25. The second kappa shape index (κ2) is 6.26. The molecule has 5 heteroatoms. The van der Waals surface area contributed by atoms with Crippen LogP contribution in [0.5, 0.6) is 5.75 Å². The van der Waals surface area contributed by atoms with Crippen LogP contribution in [-0.4, -0.2) is 43.6 Å². The molecule has 2 unspecified atom stereocenters. The summed E-state index contributed by atoms with van der Waals surface area (Å²) < 4.78 is 5.63. The fourth-order valence-electron chi connectivity index (χ4n) is 3.36. The summed E-state index contributed by atoms with van der Waals surface area (Å²) in [6, 6.07) is 7.99. The van der Waals surface area contributed by atoms with E-state index in [1.54, 1.807) is 0 Å². The van der Waals surface area contributed by atoms with E-state index < -0.39 is 0 Å². The van der Waals surface area contributed by atoms with Crippen molar-refractivity contribution in [2.75, 3.05) is 32.8 Å². The van der Waals surface area contributed by atoms with Gasteiger partial charge in [-0.25, -0.2) is 0 Å². The SMILES string of the molecule is CC1(CN)CCN(CC(=O)NC2CCOc3ccccc32)C1. The van der Waals surface area contributed by atoms with E-state index in [1.165, 1.54) is 0 Å². The van der Waals surface area contributed by atoms with Crippen LogP contribution in [0.4, 0.5) is 0 Å². The number of fused-ring (bicyclic) bond motifs is 1. The number of hydrogen-bond acceptors (Lipinski definition) is 4. The molecule has 1 aromatic rings. The molecule has 3 N–H and O–H groups in total. The minimum Gasteiger partial charge on any atom is -0.493 e. The van der Waals surface area contributed by atoms with Gasteiger partial charge in [-0.05, 0) is 31.0 Å². The summed E-state index contributed by atoms with van der Waals surface area (Å²) in [5, 5.41) is 3.16. The van der Waals surface area contributed by atoms with E-state index in [9.17, 15) is 4.79 Å². The van der Waals surface area contributed by atoms with Crippen LogP contribution >= 0.6 is 0 Å². The van der Waals surface area contributed by atoms with Crippen molar-refractivity contribution in [3.8, 4) is 5.75 Å². The lowest BCUT2D eigenvalue weighted by Crippen LogP contribution is -2.40. The molecule has 0 aliphatic carbocycles. The van der Waals surface area contributed by atoms with Crippen molar-refractivity contribution in [3.05, 3.63) is 29.8 Å². The van der Waals surface area contributed by atoms with Crippen LogP contribution in [0.2, 0.25) is 0 Å². The summed E-state index contributed by atoms with van der Waals surface area (Å²) in [7, 11) is 0. The Kier molecular flexibility index (Phi) is 4.36. The summed E-state index contributed by atoms with van der Waals surface area (Å²) in [5.41, 5.74) is 7.06. The van der Waals surface area contributed by atoms with E-state index in [-0.39, 0.29) is 17.4 Å². The highest BCUT2D eigenvalue weighted by Gasteiger charge is 2.33. The highest BCUT2D eigenvalue weighted by Crippen LogP contribution is 2.32. The van der Waals surface area contributed by atoms with Gasteiger partial charge in [0.2, 0.25) is 5.91 Å². The fraction of sp³-hybridized carbons (Fsp3) is 0.588. The Morgan fingerprint density at radius 3 is 3.09 bits per heavy atom. The Labute approximate surface area is 131 Å². The number of nitrogens with one attached hydrogen (secondary N) is 1. The standard InChI is InChI=1S/C17H25N3O2/c1-17(11-18)7-8-20(12-17)10-16(21)19-14-6-9-22-15-5-3-2-4-13(14)15/h2-5,14H,6-12,18H2,1H3,(H,19,21). The predicted octanol–water partition coefficient (Wildman–Crippen LogP) is 1.30. The van der Waals surface area contributed by atoms with Gasteiger partial charge in [0.05, 0.1) is 19.2 Å². The van der Waals surface area contributed by atoms with Crippen molar-refractivity contribution < 1.29 is 9.53 Å². The highest BCUT2D eigenvalue weighted by atomic mass is 16.5. The molecular weight excluding hydrogens is 278 g/mol. The molecule has 0 bridgehead atoms. The number of nitrogens with zero attached hydrogens (tertiary/aromatic N) is 1. The smallest absolute Gasteiger partial charge is 0.234 e. The lowest BCUT2D eigenvalue weighted by Gasteiger charge is -2.27. The van der Waals surface area contributed by atoms with Crippen molar-refractivity contribution in [2.45, 2.75) is 25.8 Å². The van der Waals surface area contributed by atoms with Crippen molar-refractivity contribution in [1.82, 2.24) is 10.2 Å². The van der Waals surface area contributed by atoms with E-state index in [4.69, 9.17) is 10.5 Å². The molecule has 2 atom stereocenters. The second-order valence-electron chi connectivity index (χ2n) is 6.77. The van der Waals surface area contributed by atoms with Gasteiger partial charge in [0.1, 0.15) is 5.75 Å². The first-order valence-electron chi connectivity index (χ1n) is 8.03. The maximum absolute atomic E-state index is 12.4. The zero-order valence-corrected chi connectivity index (χ0v) is 13.2. The summed E-state index contributed by atoms with van der Waals surface area (Å²) in [6.45, 7) is 5.83. The van der Waals surface area contributed by atoms with E-state index in [1.807, 2.05) is 24.3 Å². The topological polar surface area (TPSA) is 67.6 Å². The van der Waals surface area contributed by atoms with Gasteiger partial charge in [0, 0.05) is 18.5 Å². The van der Waals surface area contributed by atoms with Crippen LogP contribution in [0.3, 0.4) is 0 Å². The molecule has 22 heavy (non-hydrogen) atoms. The van der Waals surface area contributed by atoms with Crippen LogP contribution in [0.1, 0.15) is 31.4 Å². The molecular formula is C17H25N3O2. The first kappa shape index (κ1) is 15.3. The fourth-order valence-corrected chi connectivity index (χ4v) is 3.36. The largest absolute Gasteiger partial charge is 0.493 e. The molecule has 2 aliphatic heterocycles. The Morgan fingerprint density at radius 2 is 2.32 bits per heavy atom. The van der Waals surface area contributed by atoms with Gasteiger partial charge in [0.15, 0.2) is 0 Å². The molecule has 1 fully saturated rings. The Morgan fingerprint density at radius 1 is 1.50 bits per heavy atom. The van der Waals surface area contributed by atoms with Gasteiger partial charge in [-0.1, -0.05) is 25.1 Å². The molecule has 3 rings (SSSR count). The van der Waals surface area contributed by atoms with Crippen molar-refractivity contribution in [3.63, 3.8) is 0 Å². The molecule has 5 nitrogen and oxygen atoms in total. The maximum Gasteiger partial charge on any atom is 0.234 e. The number of nitrogens with two attached hydrogens (primary N) is 1. The van der Waals surface area contributed by atoms with Gasteiger partial charge in [-0.3, -0.25) is 9.69 Å². The summed E-state index contributed by atoms with van der Waals surface area (Å²) in [5.74, 6) is 0.971. The highest BCUT2D eigenvalue weighted by molar-refractivity contribution is 5.78. The molecule has 0 spiro atoms. The third-order valence-corrected chi connectivity index (χ3v) is 4.79. The van der Waals surface area contributed by atoms with Gasteiger partial charge in [0.25, 0.3) is 0 Å². The van der Waals surface area contributed by atoms with Gasteiger partial charge < -0.3 is 15.8 Å². The van der Waals surface area contributed by atoms with Crippen LogP contribution in [-0.2, 0) is 4.79 Å². The lowest BCUT2D eigenvalue weighted by molar-refractivity contribution is -0.123. The number of para-hydroxylation sites is 1. The Bertz CT molecular complexity index is 548. The number of carbonyl (C=O) groups is 1. The number of rotatable bonds is 4. The van der Waals surface area contributed by atoms with Gasteiger partial charge in [-0.15, -0.1) is 0 Å². The molecule has 2 heterocycles. The van der Waals surface area contributed by atoms with E-state index >= 15 is 0 Å². The maximum atomic E-state index is 12.4. The summed E-state index contributed by atoms with van der Waals surface area (Å²) in [6.07, 6.45) is 1.89. The minimum atomic E-state index is 0.0564. The number of amides is 1. The van der Waals surface area contributed by atoms with E-state index in [0.29, 0.717) is 19.7 Å². The minimum absolute atomic E-state index is 0.0564. The zero-order chi connectivity index (χ0) is 15.6. The molecule has 0 saturated carbocycles. The molecule has 0 aromatic heterocycles. The lowest BCUT2D eigenvalue weighted by atomic mass is 9.90. The monoisotopic (exact) mass is 303 g/mol. The number of benzene rings is 1. The first-order valence-corrected chi connectivity index (χ1v) is 8.03. The molecule has 120 valence electrons. The molecule has 2 aliphatic rings. The average Bonchev–Trinajstić information content (AvgIpc) is 2.89. The van der Waals surface area contributed by atoms with E-state index in [0.717, 1.165) is 37.2 Å². The normalized spacial score (nSPS) is 28.0. The molecule has 0 radical (unpaired) electrons. The average molecular weight is 303 g/mol. The number of hydrogen-bond donors (Lipinski definition) is 2. The molecule has 1 amide bonds. The van der Waals surface area contributed by atoms with Crippen molar-refractivity contribution in [1.29, 1.82) is 0 Å². The number of ether oxygens (including phenoxy) is 1. The van der Waals surface area contributed by atoms with Gasteiger partial charge in [-0.2, -0.15) is 0 Å². The summed E-state index contributed by atoms with van der Waals surface area (Å²) >= 11 is 0. The third-order valence-electron chi connectivity index (χ3n) is 4.79. The molecule has 1 saturated heterocycles. The van der Waals surface area contributed by atoms with Crippen molar-refractivity contribution in [2.24, 2.45) is 11.1 Å². The second-order valence-corrected chi connectivity index (χ2v) is 6.77. The Balaban J connectivity index is 1.57. The first-order chi connectivity index (χ1) is 10.6. The Hall–Kier alpha value is -1.59. The zero-order valence-electron chi connectivity index (χ0n) is 13.2. The van der Waals surface area contributed by atoms with Crippen LogP contribution in [0.25, 0.3) is 0 Å². The van der Waals surface area contributed by atoms with Crippen LogP contribution in [0.15, 0.2) is 24.3 Å². The van der Waals surface area contributed by atoms with E-state index in [2.05, 4.69) is 17.1 Å². The molecule has 1 aromatic carbocycles. The van der Waals surface area contributed by atoms with Gasteiger partial charge >= 0.3 is 0 Å². The predicted molar refractivity (Wildman–Crippen MR) is 85.7 cm³/mol. The van der Waals surface area contributed by atoms with Crippen LogP contribution < -0.4 is 15.8 Å². The quantitative estimate of drug-likeness (QED) is 0.880. The van der Waals surface area contributed by atoms with Crippen molar-refractivity contribution >= 4 is 5.91 Å². The van der Waals surface area contributed by atoms with Crippen LogP contribution in [0, 0.1) is 5.41 Å². The summed E-state index contributed by atoms with van der Waals surface area (Å²) in [4.78, 5) is 14.6.